The van der Waals surface area contributed by atoms with E-state index in [1.165, 1.54) is 12.1 Å². The summed E-state index contributed by atoms with van der Waals surface area (Å²) in [5, 5.41) is 9.93. The minimum Gasteiger partial charge on any atom is -0.362 e. The van der Waals surface area contributed by atoms with Crippen LogP contribution >= 0.6 is 12.4 Å². The molecule has 6 heteroatoms. The highest BCUT2D eigenvalue weighted by molar-refractivity contribution is 5.85. The molecule has 0 heterocycles. The van der Waals surface area contributed by atoms with Gasteiger partial charge in [-0.25, -0.2) is 0 Å². The third kappa shape index (κ3) is 4.93. The molecule has 0 fully saturated rings. The number of hydrogen-bond donors (Lipinski definition) is 1. The summed E-state index contributed by atoms with van der Waals surface area (Å²) in [4.78, 5) is 0. The third-order valence-electron chi connectivity index (χ3n) is 2.18. The van der Waals surface area contributed by atoms with Crippen molar-refractivity contribution in [2.24, 2.45) is 0 Å². The standard InChI is InChI=1S/C11H13F3O2.ClH/c1-2-10(15,16-8-11(12,13)14)9-6-4-3-5-7-9;/h3-7,15H,2,8H2,1H3;1H. The zero-order valence-electron chi connectivity index (χ0n) is 9.20. The number of ether oxygens (including phenoxy) is 1. The second-order valence-electron chi connectivity index (χ2n) is 3.41. The molecule has 0 aliphatic heterocycles. The third-order valence-corrected chi connectivity index (χ3v) is 2.18. The van der Waals surface area contributed by atoms with Crippen LogP contribution in [0, 0.1) is 0 Å². The van der Waals surface area contributed by atoms with Gasteiger partial charge >= 0.3 is 6.18 Å². The monoisotopic (exact) mass is 270 g/mol. The molecule has 17 heavy (non-hydrogen) atoms. The first-order valence-corrected chi connectivity index (χ1v) is 4.86. The Hall–Kier alpha value is -0.780. The number of halogens is 4. The van der Waals surface area contributed by atoms with Gasteiger partial charge in [-0.1, -0.05) is 37.3 Å². The summed E-state index contributed by atoms with van der Waals surface area (Å²) >= 11 is 0. The average molecular weight is 271 g/mol. The molecule has 0 aliphatic carbocycles. The van der Waals surface area contributed by atoms with E-state index in [1.807, 2.05) is 0 Å². The van der Waals surface area contributed by atoms with Gasteiger partial charge in [-0.3, -0.25) is 0 Å². The lowest BCUT2D eigenvalue weighted by Gasteiger charge is -2.27. The summed E-state index contributed by atoms with van der Waals surface area (Å²) in [7, 11) is 0. The normalized spacial score (nSPS) is 14.9. The van der Waals surface area contributed by atoms with Crippen molar-refractivity contribution in [1.29, 1.82) is 0 Å². The molecule has 0 spiro atoms. The molecular weight excluding hydrogens is 257 g/mol. The van der Waals surface area contributed by atoms with Crippen molar-refractivity contribution in [1.82, 2.24) is 0 Å². The molecular formula is C11H14ClF3O2. The van der Waals surface area contributed by atoms with Crippen LogP contribution in [0.5, 0.6) is 0 Å². The van der Waals surface area contributed by atoms with Gasteiger partial charge in [0.15, 0.2) is 5.79 Å². The van der Waals surface area contributed by atoms with Crippen molar-refractivity contribution in [3.05, 3.63) is 35.9 Å². The molecule has 1 aromatic rings. The summed E-state index contributed by atoms with van der Waals surface area (Å²) in [6.07, 6.45) is -4.40. The molecule has 0 bridgehead atoms. The molecule has 1 aromatic carbocycles. The van der Waals surface area contributed by atoms with E-state index in [0.29, 0.717) is 5.56 Å². The Morgan fingerprint density at radius 1 is 1.18 bits per heavy atom. The van der Waals surface area contributed by atoms with E-state index in [0.717, 1.165) is 0 Å². The Balaban J connectivity index is 0.00000256. The fourth-order valence-electron chi connectivity index (χ4n) is 1.29. The zero-order valence-corrected chi connectivity index (χ0v) is 10.0. The number of alkyl halides is 3. The first-order chi connectivity index (χ1) is 7.37. The number of benzene rings is 1. The van der Waals surface area contributed by atoms with Gasteiger partial charge in [0, 0.05) is 12.0 Å². The lowest BCUT2D eigenvalue weighted by Crippen LogP contribution is -2.33. The van der Waals surface area contributed by atoms with Crippen LogP contribution in [0.3, 0.4) is 0 Å². The van der Waals surface area contributed by atoms with Crippen molar-refractivity contribution in [2.45, 2.75) is 25.3 Å². The van der Waals surface area contributed by atoms with Crippen LogP contribution in [0.4, 0.5) is 13.2 Å². The van der Waals surface area contributed by atoms with Crippen molar-refractivity contribution in [3.8, 4) is 0 Å². The molecule has 2 nitrogen and oxygen atoms in total. The Labute approximate surface area is 104 Å². The second kappa shape index (κ2) is 6.23. The van der Waals surface area contributed by atoms with Crippen LogP contribution in [0.25, 0.3) is 0 Å². The molecule has 1 atom stereocenters. The average Bonchev–Trinajstić information content (AvgIpc) is 2.26. The molecule has 1 N–H and O–H groups in total. The van der Waals surface area contributed by atoms with Crippen LogP contribution in [-0.4, -0.2) is 17.9 Å². The Morgan fingerprint density at radius 3 is 2.12 bits per heavy atom. The molecule has 98 valence electrons. The Bertz CT molecular complexity index is 329. The first-order valence-electron chi connectivity index (χ1n) is 4.86. The second-order valence-corrected chi connectivity index (χ2v) is 3.41. The Kier molecular flexibility index (Phi) is 5.95. The summed E-state index contributed by atoms with van der Waals surface area (Å²) in [5.74, 6) is -1.88. The zero-order chi connectivity index (χ0) is 12.2. The van der Waals surface area contributed by atoms with Crippen molar-refractivity contribution in [2.75, 3.05) is 6.61 Å². The van der Waals surface area contributed by atoms with E-state index in [1.54, 1.807) is 25.1 Å². The number of rotatable bonds is 4. The lowest BCUT2D eigenvalue weighted by molar-refractivity contribution is -0.273. The maximum absolute atomic E-state index is 12.0. The summed E-state index contributed by atoms with van der Waals surface area (Å²) < 4.78 is 40.6. The van der Waals surface area contributed by atoms with Crippen molar-refractivity contribution >= 4 is 12.4 Å². The van der Waals surface area contributed by atoms with Crippen LogP contribution in [0.15, 0.2) is 30.3 Å². The van der Waals surface area contributed by atoms with Gasteiger partial charge in [-0.15, -0.1) is 12.4 Å². The molecule has 0 aromatic heterocycles. The summed E-state index contributed by atoms with van der Waals surface area (Å²) in [6.45, 7) is 0.0929. The first kappa shape index (κ1) is 16.2. The van der Waals surface area contributed by atoms with E-state index in [4.69, 9.17) is 0 Å². The fraction of sp³-hybridized carbons (Fsp3) is 0.455. The highest BCUT2D eigenvalue weighted by Crippen LogP contribution is 2.28. The molecule has 0 amide bonds. The predicted molar refractivity (Wildman–Crippen MR) is 59.9 cm³/mol. The van der Waals surface area contributed by atoms with Gasteiger partial charge in [0.1, 0.15) is 6.61 Å². The van der Waals surface area contributed by atoms with Crippen LogP contribution in [-0.2, 0) is 10.5 Å². The lowest BCUT2D eigenvalue weighted by atomic mass is 10.0. The van der Waals surface area contributed by atoms with E-state index in [-0.39, 0.29) is 18.8 Å². The van der Waals surface area contributed by atoms with Crippen molar-refractivity contribution in [3.63, 3.8) is 0 Å². The molecule has 0 saturated heterocycles. The number of aliphatic hydroxyl groups is 1. The SMILES string of the molecule is CCC(O)(OCC(F)(F)F)c1ccccc1.Cl. The van der Waals surface area contributed by atoms with Crippen LogP contribution in [0.1, 0.15) is 18.9 Å². The summed E-state index contributed by atoms with van der Waals surface area (Å²) in [5.41, 5.74) is 0.321. The van der Waals surface area contributed by atoms with E-state index < -0.39 is 18.6 Å². The van der Waals surface area contributed by atoms with Crippen LogP contribution in [0.2, 0.25) is 0 Å². The van der Waals surface area contributed by atoms with Gasteiger partial charge in [0.2, 0.25) is 0 Å². The minimum absolute atomic E-state index is 0. The number of hydrogen-bond acceptors (Lipinski definition) is 2. The van der Waals surface area contributed by atoms with E-state index in [9.17, 15) is 18.3 Å². The summed E-state index contributed by atoms with van der Waals surface area (Å²) in [6, 6.07) is 8.03. The fourth-order valence-corrected chi connectivity index (χ4v) is 1.29. The highest BCUT2D eigenvalue weighted by atomic mass is 35.5. The quantitative estimate of drug-likeness (QED) is 0.851. The van der Waals surface area contributed by atoms with E-state index in [2.05, 4.69) is 4.74 Å². The van der Waals surface area contributed by atoms with E-state index >= 15 is 0 Å². The topological polar surface area (TPSA) is 29.5 Å². The van der Waals surface area contributed by atoms with Crippen LogP contribution < -0.4 is 0 Å². The minimum atomic E-state index is -4.45. The highest BCUT2D eigenvalue weighted by Gasteiger charge is 2.35. The van der Waals surface area contributed by atoms with Gasteiger partial charge in [-0.2, -0.15) is 13.2 Å². The van der Waals surface area contributed by atoms with Gasteiger partial charge in [0.05, 0.1) is 0 Å². The molecule has 1 rings (SSSR count). The maximum atomic E-state index is 12.0. The Morgan fingerprint density at radius 2 is 1.71 bits per heavy atom. The largest absolute Gasteiger partial charge is 0.411 e. The van der Waals surface area contributed by atoms with Crippen molar-refractivity contribution < 1.29 is 23.0 Å². The molecule has 1 unspecified atom stereocenters. The molecule has 0 aliphatic rings. The van der Waals surface area contributed by atoms with Gasteiger partial charge in [-0.05, 0) is 0 Å². The van der Waals surface area contributed by atoms with Gasteiger partial charge < -0.3 is 9.84 Å². The maximum Gasteiger partial charge on any atom is 0.411 e. The predicted octanol–water partition coefficient (Wildman–Crippen LogP) is 3.24. The van der Waals surface area contributed by atoms with Gasteiger partial charge in [0.25, 0.3) is 0 Å². The molecule has 0 saturated carbocycles. The molecule has 0 radical (unpaired) electrons. The smallest absolute Gasteiger partial charge is 0.362 e.